The summed E-state index contributed by atoms with van der Waals surface area (Å²) in [5.74, 6) is 0. The summed E-state index contributed by atoms with van der Waals surface area (Å²) in [6.45, 7) is 1.40. The van der Waals surface area contributed by atoms with Gasteiger partial charge in [0.1, 0.15) is 0 Å². The molecule has 0 unspecified atom stereocenters. The summed E-state index contributed by atoms with van der Waals surface area (Å²) in [5, 5.41) is 9.12. The Balaban J connectivity index is 2.32. The fourth-order valence-electron chi connectivity index (χ4n) is 2.01. The van der Waals surface area contributed by atoms with Crippen LogP contribution in [0.5, 0.6) is 0 Å². The van der Waals surface area contributed by atoms with Gasteiger partial charge in [-0.05, 0) is 25.0 Å². The number of aliphatic hydroxyl groups is 1. The van der Waals surface area contributed by atoms with Gasteiger partial charge in [-0.3, -0.25) is 0 Å². The molecule has 1 aliphatic rings. The van der Waals surface area contributed by atoms with Gasteiger partial charge in [0.2, 0.25) is 0 Å². The Morgan fingerprint density at radius 1 is 1.44 bits per heavy atom. The molecule has 0 heterocycles. The number of benzene rings is 1. The number of aliphatic hydroxyl groups excluding tert-OH is 1. The van der Waals surface area contributed by atoms with Gasteiger partial charge < -0.3 is 15.7 Å². The van der Waals surface area contributed by atoms with E-state index in [0.29, 0.717) is 19.1 Å². The van der Waals surface area contributed by atoms with E-state index >= 15 is 0 Å². The number of hydrogen-bond acceptors (Lipinski definition) is 3. The molecule has 3 nitrogen and oxygen atoms in total. The number of nitrogens with two attached hydrogens (primary N) is 1. The van der Waals surface area contributed by atoms with Crippen LogP contribution in [0, 0.1) is 0 Å². The molecule has 0 aliphatic heterocycles. The van der Waals surface area contributed by atoms with Crippen molar-refractivity contribution in [3.05, 3.63) is 28.2 Å². The monoisotopic (exact) mass is 284 g/mol. The van der Waals surface area contributed by atoms with Gasteiger partial charge in [0.25, 0.3) is 0 Å². The highest BCUT2D eigenvalue weighted by molar-refractivity contribution is 9.10. The summed E-state index contributed by atoms with van der Waals surface area (Å²) in [6.07, 6.45) is 2.44. The van der Waals surface area contributed by atoms with E-state index in [2.05, 4.69) is 26.9 Å². The Morgan fingerprint density at radius 2 is 2.19 bits per heavy atom. The summed E-state index contributed by atoms with van der Waals surface area (Å²) < 4.78 is 1.05. The Hall–Kier alpha value is -0.580. The summed E-state index contributed by atoms with van der Waals surface area (Å²) in [6, 6.07) is 6.70. The third-order valence-corrected chi connectivity index (χ3v) is 3.68. The first-order valence-corrected chi connectivity index (χ1v) is 6.42. The molecule has 4 heteroatoms. The first kappa shape index (κ1) is 11.9. The van der Waals surface area contributed by atoms with Gasteiger partial charge in [-0.1, -0.05) is 22.0 Å². The van der Waals surface area contributed by atoms with Gasteiger partial charge >= 0.3 is 0 Å². The Morgan fingerprint density at radius 3 is 2.75 bits per heavy atom. The molecule has 0 amide bonds. The molecule has 16 heavy (non-hydrogen) atoms. The van der Waals surface area contributed by atoms with E-state index in [9.17, 15) is 0 Å². The lowest BCUT2D eigenvalue weighted by molar-refractivity contribution is 0.301. The van der Waals surface area contributed by atoms with Crippen molar-refractivity contribution in [1.82, 2.24) is 0 Å². The lowest BCUT2D eigenvalue weighted by Crippen LogP contribution is -2.30. The quantitative estimate of drug-likeness (QED) is 0.868. The fourth-order valence-corrected chi connectivity index (χ4v) is 2.53. The second kappa shape index (κ2) is 5.17. The minimum absolute atomic E-state index is 0.188. The minimum Gasteiger partial charge on any atom is -0.395 e. The first-order chi connectivity index (χ1) is 7.77. The molecular formula is C12H17BrN2O. The van der Waals surface area contributed by atoms with Crippen LogP contribution in [-0.4, -0.2) is 24.3 Å². The minimum atomic E-state index is 0.188. The smallest absolute Gasteiger partial charge is 0.0606 e. The molecule has 88 valence electrons. The van der Waals surface area contributed by atoms with E-state index < -0.39 is 0 Å². The number of halogens is 1. The topological polar surface area (TPSA) is 49.5 Å². The molecular weight excluding hydrogens is 268 g/mol. The molecule has 3 N–H and O–H groups in total. The average Bonchev–Trinajstić information content (AvgIpc) is 3.09. The fraction of sp³-hybridized carbons (Fsp3) is 0.500. The van der Waals surface area contributed by atoms with E-state index in [0.717, 1.165) is 15.7 Å². The van der Waals surface area contributed by atoms with Crippen molar-refractivity contribution < 1.29 is 5.11 Å². The van der Waals surface area contributed by atoms with Crippen LogP contribution in [0.15, 0.2) is 22.7 Å². The Bertz CT molecular complexity index is 366. The van der Waals surface area contributed by atoms with Crippen molar-refractivity contribution in [2.45, 2.75) is 25.4 Å². The zero-order valence-corrected chi connectivity index (χ0v) is 10.8. The number of rotatable bonds is 5. The predicted molar refractivity (Wildman–Crippen MR) is 69.5 cm³/mol. The molecule has 0 atom stereocenters. The highest BCUT2D eigenvalue weighted by Crippen LogP contribution is 2.35. The van der Waals surface area contributed by atoms with Crippen LogP contribution in [0.1, 0.15) is 18.4 Å². The molecule has 0 aromatic heterocycles. The van der Waals surface area contributed by atoms with Crippen LogP contribution in [0.25, 0.3) is 0 Å². The second-order valence-corrected chi connectivity index (χ2v) is 4.94. The lowest BCUT2D eigenvalue weighted by atomic mass is 10.1. The maximum Gasteiger partial charge on any atom is 0.0606 e. The van der Waals surface area contributed by atoms with Crippen molar-refractivity contribution >= 4 is 21.6 Å². The van der Waals surface area contributed by atoms with Gasteiger partial charge in [-0.25, -0.2) is 0 Å². The average molecular weight is 285 g/mol. The summed E-state index contributed by atoms with van der Waals surface area (Å²) in [7, 11) is 0. The van der Waals surface area contributed by atoms with E-state index in [1.165, 1.54) is 12.8 Å². The van der Waals surface area contributed by atoms with E-state index in [4.69, 9.17) is 10.8 Å². The second-order valence-electron chi connectivity index (χ2n) is 4.09. The summed E-state index contributed by atoms with van der Waals surface area (Å²) in [4.78, 5) is 2.27. The number of anilines is 1. The third kappa shape index (κ3) is 2.39. The normalized spacial score (nSPS) is 15.2. The summed E-state index contributed by atoms with van der Waals surface area (Å²) in [5.41, 5.74) is 8.08. The van der Waals surface area contributed by atoms with E-state index in [-0.39, 0.29) is 6.61 Å². The highest BCUT2D eigenvalue weighted by Gasteiger charge is 2.30. The van der Waals surface area contributed by atoms with E-state index in [1.54, 1.807) is 0 Å². The zero-order chi connectivity index (χ0) is 11.5. The van der Waals surface area contributed by atoms with Crippen LogP contribution >= 0.6 is 15.9 Å². The molecule has 0 bridgehead atoms. The molecule has 2 rings (SSSR count). The lowest BCUT2D eigenvalue weighted by Gasteiger charge is -2.26. The predicted octanol–water partition coefficient (Wildman–Crippen LogP) is 1.87. The van der Waals surface area contributed by atoms with Crippen LogP contribution in [0.2, 0.25) is 0 Å². The SMILES string of the molecule is NCc1c(Br)cccc1N(CCO)C1CC1. The Kier molecular flexibility index (Phi) is 3.84. The van der Waals surface area contributed by atoms with Gasteiger partial charge in [-0.15, -0.1) is 0 Å². The van der Waals surface area contributed by atoms with Crippen molar-refractivity contribution in [2.75, 3.05) is 18.1 Å². The summed E-state index contributed by atoms with van der Waals surface area (Å²) >= 11 is 3.53. The van der Waals surface area contributed by atoms with Crippen molar-refractivity contribution in [3.63, 3.8) is 0 Å². The number of nitrogens with zero attached hydrogens (tertiary/aromatic N) is 1. The highest BCUT2D eigenvalue weighted by atomic mass is 79.9. The molecule has 1 saturated carbocycles. The van der Waals surface area contributed by atoms with Gasteiger partial charge in [-0.2, -0.15) is 0 Å². The van der Waals surface area contributed by atoms with Crippen LogP contribution in [0.3, 0.4) is 0 Å². The molecule has 0 spiro atoms. The third-order valence-electron chi connectivity index (χ3n) is 2.94. The molecule has 1 aromatic rings. The molecule has 0 radical (unpaired) electrons. The van der Waals surface area contributed by atoms with Crippen molar-refractivity contribution in [2.24, 2.45) is 5.73 Å². The number of hydrogen-bond donors (Lipinski definition) is 2. The van der Waals surface area contributed by atoms with Gasteiger partial charge in [0.05, 0.1) is 6.61 Å². The largest absolute Gasteiger partial charge is 0.395 e. The molecule has 1 fully saturated rings. The van der Waals surface area contributed by atoms with Crippen LogP contribution < -0.4 is 10.6 Å². The zero-order valence-electron chi connectivity index (χ0n) is 9.19. The standard InChI is InChI=1S/C12H17BrN2O/c13-11-2-1-3-12(10(11)8-14)15(6-7-16)9-4-5-9/h1-3,9,16H,4-8,14H2. The molecule has 1 aliphatic carbocycles. The maximum absolute atomic E-state index is 9.12. The maximum atomic E-state index is 9.12. The van der Waals surface area contributed by atoms with Gasteiger partial charge in [0, 0.05) is 34.9 Å². The molecule has 1 aromatic carbocycles. The van der Waals surface area contributed by atoms with Crippen molar-refractivity contribution in [1.29, 1.82) is 0 Å². The van der Waals surface area contributed by atoms with Crippen LogP contribution in [-0.2, 0) is 6.54 Å². The van der Waals surface area contributed by atoms with Crippen molar-refractivity contribution in [3.8, 4) is 0 Å². The Labute approximate surface area is 104 Å². The van der Waals surface area contributed by atoms with E-state index in [1.807, 2.05) is 12.1 Å². The molecule has 0 saturated heterocycles. The first-order valence-electron chi connectivity index (χ1n) is 5.63. The van der Waals surface area contributed by atoms with Gasteiger partial charge in [0.15, 0.2) is 0 Å². The van der Waals surface area contributed by atoms with Crippen LogP contribution in [0.4, 0.5) is 5.69 Å².